The molecule has 3 aliphatic carbocycles. The number of benzene rings is 1. The molecule has 0 N–H and O–H groups in total. The minimum atomic E-state index is 0.0146. The van der Waals surface area contributed by atoms with Gasteiger partial charge in [-0.15, -0.1) is 0 Å². The van der Waals surface area contributed by atoms with E-state index >= 15 is 0 Å². The Balaban J connectivity index is 1.67. The molecule has 0 aromatic heterocycles. The Morgan fingerprint density at radius 3 is 2.78 bits per heavy atom. The Labute approximate surface area is 107 Å². The van der Waals surface area contributed by atoms with Crippen LogP contribution in [0.1, 0.15) is 12.0 Å². The summed E-state index contributed by atoms with van der Waals surface area (Å²) in [5.41, 5.74) is 1.18. The fraction of sp³-hybridized carbons (Fsp3) is 0.312. The lowest BCUT2D eigenvalue weighted by atomic mass is 9.87. The van der Waals surface area contributed by atoms with E-state index in [1.165, 1.54) is 5.56 Å². The lowest BCUT2D eigenvalue weighted by molar-refractivity contribution is -0.118. The molecule has 0 aliphatic heterocycles. The summed E-state index contributed by atoms with van der Waals surface area (Å²) in [5.74, 6) is 0.469. The molecule has 92 valence electrons. The lowest BCUT2D eigenvalue weighted by Crippen LogP contribution is -2.27. The molecule has 0 saturated heterocycles. The van der Waals surface area contributed by atoms with Crippen LogP contribution in [0, 0.1) is 11.8 Å². The number of fused-ring (bicyclic) bond motifs is 2. The zero-order valence-corrected chi connectivity index (χ0v) is 10.2. The van der Waals surface area contributed by atoms with Crippen molar-refractivity contribution < 1.29 is 9.53 Å². The number of ketones is 1. The molecule has 3 atom stereocenters. The zero-order chi connectivity index (χ0) is 12.4. The first-order valence-corrected chi connectivity index (χ1v) is 6.39. The smallest absolute Gasteiger partial charge is 0.162 e. The number of rotatable bonds is 3. The van der Waals surface area contributed by atoms with Crippen molar-refractivity contribution in [1.29, 1.82) is 0 Å². The largest absolute Gasteiger partial charge is 0.373 e. The zero-order valence-electron chi connectivity index (χ0n) is 10.2. The van der Waals surface area contributed by atoms with E-state index in [1.54, 1.807) is 6.08 Å². The molecule has 1 unspecified atom stereocenters. The Kier molecular flexibility index (Phi) is 3.11. The number of hydrogen-bond donors (Lipinski definition) is 0. The highest BCUT2D eigenvalue weighted by molar-refractivity contribution is 5.93. The third kappa shape index (κ3) is 2.29. The van der Waals surface area contributed by atoms with Gasteiger partial charge in [-0.2, -0.15) is 0 Å². The maximum atomic E-state index is 11.7. The molecule has 1 aromatic carbocycles. The van der Waals surface area contributed by atoms with Crippen LogP contribution in [0.15, 0.2) is 54.6 Å². The predicted molar refractivity (Wildman–Crippen MR) is 69.9 cm³/mol. The van der Waals surface area contributed by atoms with Crippen LogP contribution in [0.2, 0.25) is 0 Å². The molecule has 0 spiro atoms. The number of carbonyl (C=O) groups is 1. The van der Waals surface area contributed by atoms with E-state index in [0.29, 0.717) is 6.61 Å². The number of ether oxygens (including phenoxy) is 1. The van der Waals surface area contributed by atoms with Gasteiger partial charge in [0.15, 0.2) is 5.78 Å². The van der Waals surface area contributed by atoms with Crippen LogP contribution in [0.3, 0.4) is 0 Å². The summed E-state index contributed by atoms with van der Waals surface area (Å²) in [6, 6.07) is 10.2. The Bertz CT molecular complexity index is 487. The molecular weight excluding hydrogens is 224 g/mol. The number of allylic oxidation sites excluding steroid dienone is 2. The van der Waals surface area contributed by atoms with E-state index in [1.807, 2.05) is 30.4 Å². The van der Waals surface area contributed by atoms with E-state index in [0.717, 1.165) is 6.42 Å². The van der Waals surface area contributed by atoms with Crippen molar-refractivity contribution in [3.8, 4) is 0 Å². The summed E-state index contributed by atoms with van der Waals surface area (Å²) in [5, 5.41) is 0. The van der Waals surface area contributed by atoms with Gasteiger partial charge in [0.25, 0.3) is 0 Å². The summed E-state index contributed by atoms with van der Waals surface area (Å²) in [6.45, 7) is 0.616. The first-order chi connectivity index (χ1) is 8.83. The maximum absolute atomic E-state index is 11.7. The summed E-state index contributed by atoms with van der Waals surface area (Å²) in [4.78, 5) is 11.7. The van der Waals surface area contributed by atoms with Gasteiger partial charge in [0.1, 0.15) is 0 Å². The normalized spacial score (nSPS) is 29.6. The van der Waals surface area contributed by atoms with Crippen molar-refractivity contribution in [2.24, 2.45) is 11.8 Å². The van der Waals surface area contributed by atoms with Gasteiger partial charge >= 0.3 is 0 Å². The van der Waals surface area contributed by atoms with Gasteiger partial charge in [0.05, 0.1) is 12.7 Å². The van der Waals surface area contributed by atoms with Crippen molar-refractivity contribution in [3.63, 3.8) is 0 Å². The van der Waals surface area contributed by atoms with Crippen molar-refractivity contribution >= 4 is 5.78 Å². The third-order valence-electron chi connectivity index (χ3n) is 3.64. The third-order valence-corrected chi connectivity index (χ3v) is 3.64. The molecule has 2 nitrogen and oxygen atoms in total. The standard InChI is InChI=1S/C16H16O2/c17-15-9-8-13-6-7-14(15)10-16(13)18-11-12-4-2-1-3-5-12/h1-9,13-14,16H,10-11H2/t13-,14-,16?/m0/s1. The van der Waals surface area contributed by atoms with Gasteiger partial charge in [0, 0.05) is 11.8 Å². The fourth-order valence-corrected chi connectivity index (χ4v) is 2.56. The highest BCUT2D eigenvalue weighted by Crippen LogP contribution is 2.31. The molecule has 0 amide bonds. The van der Waals surface area contributed by atoms with Crippen LogP contribution >= 0.6 is 0 Å². The molecule has 18 heavy (non-hydrogen) atoms. The van der Waals surface area contributed by atoms with E-state index in [9.17, 15) is 4.79 Å². The molecular formula is C16H16O2. The average Bonchev–Trinajstić information content (AvgIpc) is 2.69. The summed E-state index contributed by atoms with van der Waals surface area (Å²) in [6.07, 6.45) is 8.74. The molecule has 2 bridgehead atoms. The van der Waals surface area contributed by atoms with Crippen LogP contribution in [0.4, 0.5) is 0 Å². The second-order valence-corrected chi connectivity index (χ2v) is 4.90. The molecule has 0 saturated carbocycles. The topological polar surface area (TPSA) is 26.3 Å². The van der Waals surface area contributed by atoms with Gasteiger partial charge < -0.3 is 4.74 Å². The van der Waals surface area contributed by atoms with E-state index in [4.69, 9.17) is 4.74 Å². The molecule has 0 fully saturated rings. The predicted octanol–water partition coefficient (Wildman–Crippen LogP) is 2.90. The molecule has 0 heterocycles. The Morgan fingerprint density at radius 2 is 1.94 bits per heavy atom. The fourth-order valence-electron chi connectivity index (χ4n) is 2.56. The van der Waals surface area contributed by atoms with Crippen LogP contribution in [0.25, 0.3) is 0 Å². The Hall–Kier alpha value is -1.67. The van der Waals surface area contributed by atoms with Crippen molar-refractivity contribution in [2.45, 2.75) is 19.1 Å². The van der Waals surface area contributed by atoms with Crippen molar-refractivity contribution in [2.75, 3.05) is 0 Å². The van der Waals surface area contributed by atoms with Crippen LogP contribution in [-0.4, -0.2) is 11.9 Å². The summed E-state index contributed by atoms with van der Waals surface area (Å²) in [7, 11) is 0. The molecule has 4 rings (SSSR count). The second kappa shape index (κ2) is 4.91. The van der Waals surface area contributed by atoms with Gasteiger partial charge in [0.2, 0.25) is 0 Å². The minimum Gasteiger partial charge on any atom is -0.373 e. The highest BCUT2D eigenvalue weighted by atomic mass is 16.5. The SMILES string of the molecule is O=C1C=C[C@@H]2C=C[C@H]1CC2OCc1ccccc1. The van der Waals surface area contributed by atoms with Gasteiger partial charge in [-0.25, -0.2) is 0 Å². The minimum absolute atomic E-state index is 0.0146. The van der Waals surface area contributed by atoms with E-state index < -0.39 is 0 Å². The summed E-state index contributed by atoms with van der Waals surface area (Å²) >= 11 is 0. The van der Waals surface area contributed by atoms with Crippen molar-refractivity contribution in [1.82, 2.24) is 0 Å². The maximum Gasteiger partial charge on any atom is 0.162 e. The second-order valence-electron chi connectivity index (χ2n) is 4.90. The average molecular weight is 240 g/mol. The van der Waals surface area contributed by atoms with Gasteiger partial charge in [-0.05, 0) is 18.1 Å². The lowest BCUT2D eigenvalue weighted by Gasteiger charge is -2.27. The van der Waals surface area contributed by atoms with Crippen LogP contribution in [-0.2, 0) is 16.1 Å². The van der Waals surface area contributed by atoms with Crippen molar-refractivity contribution in [3.05, 3.63) is 60.2 Å². The monoisotopic (exact) mass is 240 g/mol. The number of hydrogen-bond acceptors (Lipinski definition) is 2. The highest BCUT2D eigenvalue weighted by Gasteiger charge is 2.31. The molecule has 3 aliphatic rings. The first kappa shape index (κ1) is 11.4. The summed E-state index contributed by atoms with van der Waals surface area (Å²) < 4.78 is 5.98. The van der Waals surface area contributed by atoms with Crippen LogP contribution in [0.5, 0.6) is 0 Å². The first-order valence-electron chi connectivity index (χ1n) is 6.39. The molecule has 1 aromatic rings. The Morgan fingerprint density at radius 1 is 1.11 bits per heavy atom. The quantitative estimate of drug-likeness (QED) is 0.759. The molecule has 2 heteroatoms. The van der Waals surface area contributed by atoms with E-state index in [2.05, 4.69) is 18.2 Å². The van der Waals surface area contributed by atoms with Gasteiger partial charge in [-0.3, -0.25) is 4.79 Å². The van der Waals surface area contributed by atoms with E-state index in [-0.39, 0.29) is 23.7 Å². The van der Waals surface area contributed by atoms with Crippen LogP contribution < -0.4 is 0 Å². The molecule has 0 radical (unpaired) electrons. The van der Waals surface area contributed by atoms with Gasteiger partial charge in [-0.1, -0.05) is 48.6 Å². The number of carbonyl (C=O) groups excluding carboxylic acids is 1.